The van der Waals surface area contributed by atoms with Crippen molar-refractivity contribution in [3.05, 3.63) is 23.8 Å². The normalized spacial score (nSPS) is 24.6. The van der Waals surface area contributed by atoms with Gasteiger partial charge in [0, 0.05) is 31.7 Å². The predicted octanol–water partition coefficient (Wildman–Crippen LogP) is 0.891. The quantitative estimate of drug-likeness (QED) is 0.838. The SMILES string of the molecule is O=C(O)c1cnc(CN2CC3(CC(NC4CC4)C3)C2)cn1. The van der Waals surface area contributed by atoms with Gasteiger partial charge in [0.1, 0.15) is 0 Å². The van der Waals surface area contributed by atoms with Gasteiger partial charge in [-0.1, -0.05) is 0 Å². The van der Waals surface area contributed by atoms with Crippen LogP contribution in [-0.4, -0.2) is 51.1 Å². The first-order chi connectivity index (χ1) is 10.1. The monoisotopic (exact) mass is 288 g/mol. The molecule has 0 amide bonds. The van der Waals surface area contributed by atoms with Gasteiger partial charge in [-0.15, -0.1) is 0 Å². The number of aromatic nitrogens is 2. The minimum atomic E-state index is -1.03. The van der Waals surface area contributed by atoms with E-state index in [1.165, 1.54) is 31.9 Å². The zero-order chi connectivity index (χ0) is 14.4. The van der Waals surface area contributed by atoms with E-state index in [0.717, 1.165) is 37.4 Å². The summed E-state index contributed by atoms with van der Waals surface area (Å²) in [4.78, 5) is 21.2. The van der Waals surface area contributed by atoms with E-state index in [-0.39, 0.29) is 5.69 Å². The minimum absolute atomic E-state index is 0.00631. The number of carboxylic acid groups (broad SMARTS) is 1. The molecule has 21 heavy (non-hydrogen) atoms. The van der Waals surface area contributed by atoms with Crippen molar-refractivity contribution in [2.45, 2.75) is 44.3 Å². The number of nitrogens with one attached hydrogen (secondary N) is 1. The highest BCUT2D eigenvalue weighted by molar-refractivity contribution is 5.84. The lowest BCUT2D eigenvalue weighted by Gasteiger charge is -2.59. The summed E-state index contributed by atoms with van der Waals surface area (Å²) in [5.74, 6) is -1.03. The topological polar surface area (TPSA) is 78.3 Å². The van der Waals surface area contributed by atoms with Gasteiger partial charge in [0.25, 0.3) is 0 Å². The predicted molar refractivity (Wildman–Crippen MR) is 75.9 cm³/mol. The zero-order valence-corrected chi connectivity index (χ0v) is 12.0. The van der Waals surface area contributed by atoms with Crippen molar-refractivity contribution < 1.29 is 9.90 Å². The number of aromatic carboxylic acids is 1. The minimum Gasteiger partial charge on any atom is -0.476 e. The van der Waals surface area contributed by atoms with E-state index in [4.69, 9.17) is 5.11 Å². The highest BCUT2D eigenvalue weighted by atomic mass is 16.4. The highest BCUT2D eigenvalue weighted by Crippen LogP contribution is 2.49. The van der Waals surface area contributed by atoms with Crippen LogP contribution in [0.25, 0.3) is 0 Å². The zero-order valence-electron chi connectivity index (χ0n) is 12.0. The van der Waals surface area contributed by atoms with Crippen LogP contribution in [0.15, 0.2) is 12.4 Å². The molecule has 0 aromatic carbocycles. The summed E-state index contributed by atoms with van der Waals surface area (Å²) in [7, 11) is 0. The Morgan fingerprint density at radius 1 is 1.29 bits per heavy atom. The number of carboxylic acids is 1. The van der Waals surface area contributed by atoms with Crippen molar-refractivity contribution in [1.82, 2.24) is 20.2 Å². The van der Waals surface area contributed by atoms with E-state index < -0.39 is 5.97 Å². The van der Waals surface area contributed by atoms with Crippen LogP contribution in [-0.2, 0) is 6.54 Å². The summed E-state index contributed by atoms with van der Waals surface area (Å²) < 4.78 is 0. The smallest absolute Gasteiger partial charge is 0.356 e. The van der Waals surface area contributed by atoms with Gasteiger partial charge >= 0.3 is 5.97 Å². The molecule has 0 unspecified atom stereocenters. The summed E-state index contributed by atoms with van der Waals surface area (Å²) in [6, 6.07) is 1.56. The largest absolute Gasteiger partial charge is 0.476 e. The summed E-state index contributed by atoms with van der Waals surface area (Å²) in [5, 5.41) is 12.5. The van der Waals surface area contributed by atoms with Crippen LogP contribution in [0.2, 0.25) is 0 Å². The van der Waals surface area contributed by atoms with Crippen LogP contribution in [0.5, 0.6) is 0 Å². The molecule has 1 aliphatic heterocycles. The first kappa shape index (κ1) is 13.2. The van der Waals surface area contributed by atoms with Gasteiger partial charge in [-0.25, -0.2) is 9.78 Å². The van der Waals surface area contributed by atoms with Crippen LogP contribution in [0.4, 0.5) is 0 Å². The molecular formula is C15H20N4O2. The van der Waals surface area contributed by atoms with Gasteiger partial charge in [0.2, 0.25) is 0 Å². The molecule has 112 valence electrons. The van der Waals surface area contributed by atoms with Gasteiger partial charge in [0.15, 0.2) is 5.69 Å². The first-order valence-corrected chi connectivity index (χ1v) is 7.65. The van der Waals surface area contributed by atoms with Crippen molar-refractivity contribution in [1.29, 1.82) is 0 Å². The molecule has 0 atom stereocenters. The molecule has 1 aromatic rings. The Morgan fingerprint density at radius 3 is 2.62 bits per heavy atom. The second-order valence-electron chi connectivity index (χ2n) is 6.89. The van der Waals surface area contributed by atoms with Gasteiger partial charge in [-0.3, -0.25) is 9.88 Å². The van der Waals surface area contributed by atoms with E-state index in [0.29, 0.717) is 5.41 Å². The summed E-state index contributed by atoms with van der Waals surface area (Å²) in [5.41, 5.74) is 1.40. The van der Waals surface area contributed by atoms with Gasteiger partial charge in [0.05, 0.1) is 18.1 Å². The molecule has 6 nitrogen and oxygen atoms in total. The molecule has 0 bridgehead atoms. The molecule has 2 heterocycles. The maximum absolute atomic E-state index is 10.7. The number of likely N-dealkylation sites (tertiary alicyclic amines) is 1. The lowest BCUT2D eigenvalue weighted by molar-refractivity contribution is -0.0837. The Kier molecular flexibility index (Phi) is 2.97. The number of hydrogen-bond acceptors (Lipinski definition) is 5. The molecule has 2 N–H and O–H groups in total. The van der Waals surface area contributed by atoms with Crippen molar-refractivity contribution in [2.24, 2.45) is 5.41 Å². The molecule has 1 saturated heterocycles. The Bertz CT molecular complexity index is 541. The number of nitrogens with zero attached hydrogens (tertiary/aromatic N) is 3. The Labute approximate surface area is 123 Å². The summed E-state index contributed by atoms with van der Waals surface area (Å²) in [6.45, 7) is 3.05. The van der Waals surface area contributed by atoms with Gasteiger partial charge in [-0.05, 0) is 31.1 Å². The second-order valence-corrected chi connectivity index (χ2v) is 6.89. The molecular weight excluding hydrogens is 268 g/mol. The first-order valence-electron chi connectivity index (χ1n) is 7.65. The fraction of sp³-hybridized carbons (Fsp3) is 0.667. The molecule has 2 saturated carbocycles. The van der Waals surface area contributed by atoms with E-state index >= 15 is 0 Å². The number of carbonyl (C=O) groups is 1. The van der Waals surface area contributed by atoms with Crippen molar-refractivity contribution in [3.8, 4) is 0 Å². The molecule has 2 aliphatic carbocycles. The van der Waals surface area contributed by atoms with E-state index in [1.54, 1.807) is 6.20 Å². The van der Waals surface area contributed by atoms with Crippen molar-refractivity contribution in [3.63, 3.8) is 0 Å². The van der Waals surface area contributed by atoms with Crippen LogP contribution in [0, 0.1) is 5.41 Å². The van der Waals surface area contributed by atoms with E-state index in [1.807, 2.05) is 0 Å². The van der Waals surface area contributed by atoms with Crippen LogP contribution in [0.1, 0.15) is 41.9 Å². The average Bonchev–Trinajstić information content (AvgIpc) is 3.18. The third-order valence-corrected chi connectivity index (χ3v) is 4.84. The summed E-state index contributed by atoms with van der Waals surface area (Å²) in [6.07, 6.45) is 8.26. The standard InChI is InChI=1S/C15H20N4O2/c20-14(21)13-6-16-12(5-17-13)7-19-8-15(9-19)3-11(4-15)18-10-1-2-10/h5-6,10-11,18H,1-4,7-9H2,(H,20,21). The Balaban J connectivity index is 1.24. The van der Waals surface area contributed by atoms with E-state index in [2.05, 4.69) is 20.2 Å². The third kappa shape index (κ3) is 2.65. The summed E-state index contributed by atoms with van der Waals surface area (Å²) >= 11 is 0. The maximum Gasteiger partial charge on any atom is 0.356 e. The fourth-order valence-corrected chi connectivity index (χ4v) is 3.74. The lowest BCUT2D eigenvalue weighted by atomic mass is 9.60. The lowest BCUT2D eigenvalue weighted by Crippen LogP contribution is -2.65. The fourth-order valence-electron chi connectivity index (χ4n) is 3.74. The van der Waals surface area contributed by atoms with Gasteiger partial charge in [-0.2, -0.15) is 0 Å². The molecule has 1 spiro atoms. The van der Waals surface area contributed by atoms with Crippen molar-refractivity contribution in [2.75, 3.05) is 13.1 Å². The molecule has 6 heteroatoms. The second kappa shape index (κ2) is 4.74. The third-order valence-electron chi connectivity index (χ3n) is 4.84. The van der Waals surface area contributed by atoms with Crippen LogP contribution in [0.3, 0.4) is 0 Å². The molecule has 3 aliphatic rings. The van der Waals surface area contributed by atoms with Gasteiger partial charge < -0.3 is 10.4 Å². The number of rotatable bonds is 5. The number of hydrogen-bond donors (Lipinski definition) is 2. The Hall–Kier alpha value is -1.53. The average molecular weight is 288 g/mol. The van der Waals surface area contributed by atoms with Crippen LogP contribution >= 0.6 is 0 Å². The molecule has 0 radical (unpaired) electrons. The van der Waals surface area contributed by atoms with E-state index in [9.17, 15) is 4.79 Å². The Morgan fingerprint density at radius 2 is 2.05 bits per heavy atom. The maximum atomic E-state index is 10.7. The molecule has 1 aromatic heterocycles. The van der Waals surface area contributed by atoms with Crippen LogP contribution < -0.4 is 5.32 Å². The molecule has 4 rings (SSSR count). The molecule has 3 fully saturated rings. The van der Waals surface area contributed by atoms with Crippen molar-refractivity contribution >= 4 is 5.97 Å². The highest BCUT2D eigenvalue weighted by Gasteiger charge is 2.52.